The van der Waals surface area contributed by atoms with Gasteiger partial charge >= 0.3 is 0 Å². The first-order valence-corrected chi connectivity index (χ1v) is 7.30. The molecule has 1 aromatic carbocycles. The number of aryl methyl sites for hydroxylation is 1. The first kappa shape index (κ1) is 13.6. The van der Waals surface area contributed by atoms with Gasteiger partial charge in [-0.05, 0) is 52.1 Å². The van der Waals surface area contributed by atoms with Crippen LogP contribution in [0.3, 0.4) is 0 Å². The van der Waals surface area contributed by atoms with Crippen molar-refractivity contribution in [1.29, 1.82) is 0 Å². The molecule has 0 N–H and O–H groups in total. The summed E-state index contributed by atoms with van der Waals surface area (Å²) in [5.41, 5.74) is 2.78. The highest BCUT2D eigenvalue weighted by atomic mass is 127. The van der Waals surface area contributed by atoms with Crippen LogP contribution in [0.5, 0.6) is 0 Å². The predicted molar refractivity (Wildman–Crippen MR) is 84.5 cm³/mol. The predicted octanol–water partition coefficient (Wildman–Crippen LogP) is 4.59. The molecule has 0 aliphatic rings. The second-order valence-corrected chi connectivity index (χ2v) is 7.06. The Kier molecular flexibility index (Phi) is 4.10. The molecule has 0 atom stereocenters. The lowest BCUT2D eigenvalue weighted by Crippen LogP contribution is -2.10. The Labute approximate surface area is 123 Å². The van der Waals surface area contributed by atoms with E-state index in [2.05, 4.69) is 78.9 Å². The molecule has 0 spiro atoms. The van der Waals surface area contributed by atoms with Crippen molar-refractivity contribution in [1.82, 2.24) is 9.78 Å². The molecule has 0 unspecified atom stereocenters. The number of hydrogen-bond acceptors (Lipinski definition) is 1. The molecule has 18 heavy (non-hydrogen) atoms. The molecule has 2 rings (SSSR count). The van der Waals surface area contributed by atoms with Crippen LogP contribution < -0.4 is 0 Å². The van der Waals surface area contributed by atoms with Crippen LogP contribution >= 0.6 is 22.6 Å². The van der Waals surface area contributed by atoms with Crippen LogP contribution in [0.1, 0.15) is 27.2 Å². The molecular formula is C15H19IN2. The topological polar surface area (TPSA) is 17.8 Å². The van der Waals surface area contributed by atoms with Gasteiger partial charge < -0.3 is 0 Å². The Balaban J connectivity index is 2.08. The van der Waals surface area contributed by atoms with Crippen LogP contribution in [-0.2, 0) is 6.54 Å². The van der Waals surface area contributed by atoms with E-state index in [-0.39, 0.29) is 0 Å². The number of halogens is 1. The molecule has 3 heteroatoms. The highest BCUT2D eigenvalue weighted by Gasteiger charge is 2.10. The maximum absolute atomic E-state index is 4.43. The van der Waals surface area contributed by atoms with Crippen molar-refractivity contribution in [2.24, 2.45) is 5.41 Å². The quantitative estimate of drug-likeness (QED) is 0.737. The third-order valence-corrected chi connectivity index (χ3v) is 3.62. The minimum Gasteiger partial charge on any atom is -0.272 e. The van der Waals surface area contributed by atoms with Gasteiger partial charge in [0.1, 0.15) is 0 Å². The van der Waals surface area contributed by atoms with Gasteiger partial charge in [-0.15, -0.1) is 0 Å². The van der Waals surface area contributed by atoms with E-state index in [0.717, 1.165) is 13.0 Å². The van der Waals surface area contributed by atoms with Gasteiger partial charge in [0.05, 0.1) is 6.20 Å². The molecular weight excluding hydrogens is 335 g/mol. The SMILES string of the molecule is CC(C)(C)CCn1cc(-c2ccc(I)cc2)cn1. The Morgan fingerprint density at radius 3 is 2.39 bits per heavy atom. The monoisotopic (exact) mass is 354 g/mol. The molecule has 0 saturated carbocycles. The Morgan fingerprint density at radius 1 is 1.11 bits per heavy atom. The molecule has 0 radical (unpaired) electrons. The molecule has 0 aliphatic carbocycles. The number of rotatable bonds is 3. The van der Waals surface area contributed by atoms with Crippen molar-refractivity contribution >= 4 is 22.6 Å². The van der Waals surface area contributed by atoms with E-state index in [1.807, 2.05) is 10.9 Å². The van der Waals surface area contributed by atoms with Gasteiger partial charge in [-0.2, -0.15) is 5.10 Å². The van der Waals surface area contributed by atoms with Crippen LogP contribution in [-0.4, -0.2) is 9.78 Å². The zero-order chi connectivity index (χ0) is 13.2. The van der Waals surface area contributed by atoms with Crippen molar-refractivity contribution in [2.45, 2.75) is 33.7 Å². The minimum atomic E-state index is 0.356. The molecule has 0 aliphatic heterocycles. The number of benzene rings is 1. The summed E-state index contributed by atoms with van der Waals surface area (Å²) in [7, 11) is 0. The molecule has 0 fully saturated rings. The second-order valence-electron chi connectivity index (χ2n) is 5.81. The van der Waals surface area contributed by atoms with Gasteiger partial charge in [-0.25, -0.2) is 0 Å². The summed E-state index contributed by atoms with van der Waals surface area (Å²) < 4.78 is 3.30. The van der Waals surface area contributed by atoms with Crippen molar-refractivity contribution < 1.29 is 0 Å². The van der Waals surface area contributed by atoms with Crippen LogP contribution in [0.2, 0.25) is 0 Å². The molecule has 2 aromatic rings. The zero-order valence-electron chi connectivity index (χ0n) is 11.2. The van der Waals surface area contributed by atoms with E-state index < -0.39 is 0 Å². The van der Waals surface area contributed by atoms with Gasteiger partial charge in [0, 0.05) is 21.9 Å². The summed E-state index contributed by atoms with van der Waals surface area (Å²) in [5, 5.41) is 4.43. The average molecular weight is 354 g/mol. The van der Waals surface area contributed by atoms with Gasteiger partial charge in [-0.3, -0.25) is 4.68 Å². The third kappa shape index (κ3) is 3.83. The Bertz CT molecular complexity index is 506. The summed E-state index contributed by atoms with van der Waals surface area (Å²) in [5.74, 6) is 0. The smallest absolute Gasteiger partial charge is 0.0568 e. The third-order valence-electron chi connectivity index (χ3n) is 2.90. The average Bonchev–Trinajstić information content (AvgIpc) is 2.75. The number of aromatic nitrogens is 2. The lowest BCUT2D eigenvalue weighted by Gasteiger charge is -2.17. The fourth-order valence-corrected chi connectivity index (χ4v) is 2.09. The van der Waals surface area contributed by atoms with E-state index in [4.69, 9.17) is 0 Å². The lowest BCUT2D eigenvalue weighted by molar-refractivity contribution is 0.341. The Hall–Kier alpha value is -0.840. The first-order valence-electron chi connectivity index (χ1n) is 6.22. The summed E-state index contributed by atoms with van der Waals surface area (Å²) in [4.78, 5) is 0. The van der Waals surface area contributed by atoms with Crippen molar-refractivity contribution in [3.63, 3.8) is 0 Å². The largest absolute Gasteiger partial charge is 0.272 e. The maximum Gasteiger partial charge on any atom is 0.0568 e. The highest BCUT2D eigenvalue weighted by molar-refractivity contribution is 14.1. The molecule has 0 amide bonds. The van der Waals surface area contributed by atoms with Crippen molar-refractivity contribution in [3.8, 4) is 11.1 Å². The molecule has 96 valence electrons. The maximum atomic E-state index is 4.43. The molecule has 1 heterocycles. The second kappa shape index (κ2) is 5.43. The summed E-state index contributed by atoms with van der Waals surface area (Å²) in [6.45, 7) is 7.76. The molecule has 1 aromatic heterocycles. The standard InChI is InChI=1S/C15H19IN2/c1-15(2,3)8-9-18-11-13(10-17-18)12-4-6-14(16)7-5-12/h4-7,10-11H,8-9H2,1-3H3. The van der Waals surface area contributed by atoms with Gasteiger partial charge in [0.25, 0.3) is 0 Å². The summed E-state index contributed by atoms with van der Waals surface area (Å²) >= 11 is 2.32. The fraction of sp³-hybridized carbons (Fsp3) is 0.400. The van der Waals surface area contributed by atoms with E-state index in [1.54, 1.807) is 0 Å². The first-order chi connectivity index (χ1) is 8.44. The van der Waals surface area contributed by atoms with Gasteiger partial charge in [-0.1, -0.05) is 32.9 Å². The van der Waals surface area contributed by atoms with Crippen molar-refractivity contribution in [3.05, 3.63) is 40.2 Å². The van der Waals surface area contributed by atoms with Crippen molar-refractivity contribution in [2.75, 3.05) is 0 Å². The Morgan fingerprint density at radius 2 is 1.78 bits per heavy atom. The molecule has 0 bridgehead atoms. The molecule has 2 nitrogen and oxygen atoms in total. The number of hydrogen-bond donors (Lipinski definition) is 0. The van der Waals surface area contributed by atoms with Gasteiger partial charge in [0.15, 0.2) is 0 Å². The van der Waals surface area contributed by atoms with Gasteiger partial charge in [0.2, 0.25) is 0 Å². The highest BCUT2D eigenvalue weighted by Crippen LogP contribution is 2.22. The fourth-order valence-electron chi connectivity index (χ4n) is 1.73. The normalized spacial score (nSPS) is 11.8. The van der Waals surface area contributed by atoms with E-state index in [1.165, 1.54) is 14.7 Å². The van der Waals surface area contributed by atoms with Crippen LogP contribution in [0.25, 0.3) is 11.1 Å². The van der Waals surface area contributed by atoms with Crippen LogP contribution in [0.4, 0.5) is 0 Å². The number of nitrogens with zero attached hydrogens (tertiary/aromatic N) is 2. The minimum absolute atomic E-state index is 0.356. The molecule has 0 saturated heterocycles. The van der Waals surface area contributed by atoms with Crippen LogP contribution in [0.15, 0.2) is 36.7 Å². The van der Waals surface area contributed by atoms with E-state index in [9.17, 15) is 0 Å². The summed E-state index contributed by atoms with van der Waals surface area (Å²) in [6, 6.07) is 8.55. The zero-order valence-corrected chi connectivity index (χ0v) is 13.3. The summed E-state index contributed by atoms with van der Waals surface area (Å²) in [6.07, 6.45) is 5.22. The van der Waals surface area contributed by atoms with E-state index in [0.29, 0.717) is 5.41 Å². The van der Waals surface area contributed by atoms with E-state index >= 15 is 0 Å². The van der Waals surface area contributed by atoms with Crippen LogP contribution in [0, 0.1) is 8.99 Å². The lowest BCUT2D eigenvalue weighted by atomic mass is 9.92.